The van der Waals surface area contributed by atoms with E-state index in [1.807, 2.05) is 11.8 Å². The fourth-order valence-corrected chi connectivity index (χ4v) is 4.34. The van der Waals surface area contributed by atoms with Crippen LogP contribution in [0.3, 0.4) is 0 Å². The van der Waals surface area contributed by atoms with Crippen molar-refractivity contribution in [1.29, 1.82) is 0 Å². The van der Waals surface area contributed by atoms with Gasteiger partial charge < -0.3 is 9.84 Å². The molecule has 2 heterocycles. The Kier molecular flexibility index (Phi) is 5.55. The lowest BCUT2D eigenvalue weighted by Gasteiger charge is -2.39. The average Bonchev–Trinajstić information content (AvgIpc) is 2.49. The van der Waals surface area contributed by atoms with Crippen molar-refractivity contribution in [2.24, 2.45) is 0 Å². The molecule has 8 nitrogen and oxygen atoms in total. The molecule has 0 aromatic rings. The van der Waals surface area contributed by atoms with E-state index >= 15 is 0 Å². The van der Waals surface area contributed by atoms with Gasteiger partial charge in [-0.25, -0.2) is 0 Å². The third kappa shape index (κ3) is 3.72. The van der Waals surface area contributed by atoms with Crippen molar-refractivity contribution in [2.75, 3.05) is 52.5 Å². The van der Waals surface area contributed by atoms with Gasteiger partial charge in [0.25, 0.3) is 10.2 Å². The highest BCUT2D eigenvalue weighted by molar-refractivity contribution is 7.86. The van der Waals surface area contributed by atoms with Crippen molar-refractivity contribution in [3.63, 3.8) is 0 Å². The van der Waals surface area contributed by atoms with E-state index in [4.69, 9.17) is 9.84 Å². The molecule has 122 valence electrons. The molecule has 2 aliphatic heterocycles. The maximum atomic E-state index is 12.5. The Hall–Kier alpha value is -0.740. The highest BCUT2D eigenvalue weighted by atomic mass is 32.2. The Labute approximate surface area is 125 Å². The van der Waals surface area contributed by atoms with Crippen molar-refractivity contribution in [1.82, 2.24) is 13.5 Å². The highest BCUT2D eigenvalue weighted by Crippen LogP contribution is 2.16. The molecule has 0 bridgehead atoms. The number of ether oxygens (including phenoxy) is 1. The Bertz CT molecular complexity index is 456. The van der Waals surface area contributed by atoms with Crippen LogP contribution in [-0.4, -0.2) is 91.5 Å². The quantitative estimate of drug-likeness (QED) is 0.702. The van der Waals surface area contributed by atoms with E-state index in [0.29, 0.717) is 58.9 Å². The maximum Gasteiger partial charge on any atom is 0.320 e. The predicted octanol–water partition coefficient (Wildman–Crippen LogP) is -0.956. The van der Waals surface area contributed by atoms with Crippen LogP contribution < -0.4 is 0 Å². The lowest BCUT2D eigenvalue weighted by atomic mass is 10.1. The smallest absolute Gasteiger partial charge is 0.320 e. The zero-order valence-electron chi connectivity index (χ0n) is 12.3. The van der Waals surface area contributed by atoms with Crippen LogP contribution in [0.1, 0.15) is 13.3 Å². The fraction of sp³-hybridized carbons (Fsp3) is 0.917. The Morgan fingerprint density at radius 2 is 1.62 bits per heavy atom. The van der Waals surface area contributed by atoms with E-state index in [0.717, 1.165) is 0 Å². The second-order valence-electron chi connectivity index (χ2n) is 5.22. The predicted molar refractivity (Wildman–Crippen MR) is 76.2 cm³/mol. The van der Waals surface area contributed by atoms with Crippen molar-refractivity contribution in [2.45, 2.75) is 19.4 Å². The molecule has 0 saturated carbocycles. The number of carboxylic acids is 1. The molecule has 0 amide bonds. The minimum absolute atomic E-state index is 0.337. The first-order chi connectivity index (χ1) is 9.96. The van der Waals surface area contributed by atoms with Gasteiger partial charge >= 0.3 is 5.97 Å². The third-order valence-corrected chi connectivity index (χ3v) is 6.04. The fourth-order valence-electron chi connectivity index (χ4n) is 2.78. The van der Waals surface area contributed by atoms with Gasteiger partial charge in [0.15, 0.2) is 0 Å². The second kappa shape index (κ2) is 7.01. The van der Waals surface area contributed by atoms with Crippen LogP contribution in [0.25, 0.3) is 0 Å². The summed E-state index contributed by atoms with van der Waals surface area (Å²) in [5, 5.41) is 9.16. The van der Waals surface area contributed by atoms with Crippen molar-refractivity contribution < 1.29 is 23.1 Å². The van der Waals surface area contributed by atoms with Crippen molar-refractivity contribution in [3.8, 4) is 0 Å². The van der Waals surface area contributed by atoms with E-state index < -0.39 is 22.2 Å². The Morgan fingerprint density at radius 3 is 2.10 bits per heavy atom. The second-order valence-corrected chi connectivity index (χ2v) is 7.14. The summed E-state index contributed by atoms with van der Waals surface area (Å²) >= 11 is 0. The molecule has 0 spiro atoms. The number of carboxylic acid groups (broad SMARTS) is 1. The minimum Gasteiger partial charge on any atom is -0.480 e. The summed E-state index contributed by atoms with van der Waals surface area (Å²) in [4.78, 5) is 13.0. The van der Waals surface area contributed by atoms with Crippen LogP contribution in [0.5, 0.6) is 0 Å². The first kappa shape index (κ1) is 16.6. The first-order valence-corrected chi connectivity index (χ1v) is 8.66. The average molecular weight is 321 g/mol. The zero-order chi connectivity index (χ0) is 15.5. The number of carbonyl (C=O) groups is 1. The Balaban J connectivity index is 1.95. The molecule has 0 aromatic carbocycles. The number of aliphatic carboxylic acids is 1. The summed E-state index contributed by atoms with van der Waals surface area (Å²) in [5.41, 5.74) is 0. The number of hydrogen-bond donors (Lipinski definition) is 1. The van der Waals surface area contributed by atoms with Gasteiger partial charge in [0.2, 0.25) is 0 Å². The monoisotopic (exact) mass is 321 g/mol. The lowest BCUT2D eigenvalue weighted by Crippen LogP contribution is -2.57. The van der Waals surface area contributed by atoms with E-state index in [9.17, 15) is 13.2 Å². The van der Waals surface area contributed by atoms with E-state index in [1.54, 1.807) is 0 Å². The van der Waals surface area contributed by atoms with Crippen LogP contribution >= 0.6 is 0 Å². The van der Waals surface area contributed by atoms with Crippen molar-refractivity contribution >= 4 is 16.2 Å². The molecular weight excluding hydrogens is 298 g/mol. The normalized spacial score (nSPS) is 24.8. The minimum atomic E-state index is -3.45. The number of rotatable bonds is 5. The SMILES string of the molecule is CCC(C(=O)O)N1CCN(S(=O)(=O)N2CCOCC2)CC1. The largest absolute Gasteiger partial charge is 0.480 e. The molecule has 0 aliphatic carbocycles. The molecule has 2 fully saturated rings. The topological polar surface area (TPSA) is 90.4 Å². The number of nitrogens with zero attached hydrogens (tertiary/aromatic N) is 3. The van der Waals surface area contributed by atoms with Crippen LogP contribution in [-0.2, 0) is 19.7 Å². The maximum absolute atomic E-state index is 12.5. The molecule has 0 aromatic heterocycles. The summed E-state index contributed by atoms with van der Waals surface area (Å²) in [7, 11) is -3.45. The van der Waals surface area contributed by atoms with Gasteiger partial charge in [0.05, 0.1) is 13.2 Å². The molecule has 9 heteroatoms. The van der Waals surface area contributed by atoms with Gasteiger partial charge in [0.1, 0.15) is 6.04 Å². The summed E-state index contributed by atoms with van der Waals surface area (Å²) in [6.07, 6.45) is 0.519. The van der Waals surface area contributed by atoms with Crippen LogP contribution in [0.15, 0.2) is 0 Å². The number of morpholine rings is 1. The highest BCUT2D eigenvalue weighted by Gasteiger charge is 2.35. The standard InChI is InChI=1S/C12H23N3O5S/c1-2-11(12(16)17)13-3-5-14(6-4-13)21(18,19)15-7-9-20-10-8-15/h11H,2-10H2,1H3,(H,16,17). The van der Waals surface area contributed by atoms with Gasteiger partial charge in [0, 0.05) is 39.3 Å². The van der Waals surface area contributed by atoms with Gasteiger partial charge in [-0.2, -0.15) is 17.0 Å². The molecule has 1 unspecified atom stereocenters. The molecule has 1 atom stereocenters. The third-order valence-electron chi connectivity index (χ3n) is 4.01. The number of hydrogen-bond acceptors (Lipinski definition) is 5. The Morgan fingerprint density at radius 1 is 1.10 bits per heavy atom. The van der Waals surface area contributed by atoms with Crippen molar-refractivity contribution in [3.05, 3.63) is 0 Å². The van der Waals surface area contributed by atoms with Gasteiger partial charge in [-0.05, 0) is 6.42 Å². The number of piperazine rings is 1. The molecule has 1 N–H and O–H groups in total. The summed E-state index contributed by atoms with van der Waals surface area (Å²) in [6.45, 7) is 5.03. The molecular formula is C12H23N3O5S. The molecule has 21 heavy (non-hydrogen) atoms. The van der Waals surface area contributed by atoms with Gasteiger partial charge in [-0.3, -0.25) is 9.69 Å². The van der Waals surface area contributed by atoms with Crippen LogP contribution in [0, 0.1) is 0 Å². The lowest BCUT2D eigenvalue weighted by molar-refractivity contribution is -0.143. The van der Waals surface area contributed by atoms with Gasteiger partial charge in [-0.15, -0.1) is 0 Å². The first-order valence-electron chi connectivity index (χ1n) is 7.26. The summed E-state index contributed by atoms with van der Waals surface area (Å²) in [6, 6.07) is -0.529. The molecule has 2 rings (SSSR count). The zero-order valence-corrected chi connectivity index (χ0v) is 13.1. The molecule has 2 aliphatic rings. The molecule has 2 saturated heterocycles. The molecule has 0 radical (unpaired) electrons. The summed E-state index contributed by atoms with van der Waals surface area (Å²) in [5.74, 6) is -0.845. The van der Waals surface area contributed by atoms with Crippen LogP contribution in [0.2, 0.25) is 0 Å². The van der Waals surface area contributed by atoms with E-state index in [1.165, 1.54) is 8.61 Å². The summed E-state index contributed by atoms with van der Waals surface area (Å²) < 4.78 is 33.0. The van der Waals surface area contributed by atoms with Gasteiger partial charge in [-0.1, -0.05) is 6.92 Å². The van der Waals surface area contributed by atoms with Crippen LogP contribution in [0.4, 0.5) is 0 Å². The van der Waals surface area contributed by atoms with E-state index in [2.05, 4.69) is 0 Å². The van der Waals surface area contributed by atoms with E-state index in [-0.39, 0.29) is 0 Å².